The third-order valence-corrected chi connectivity index (χ3v) is 3.97. The standard InChI is InChI=1S/C14H21N7O/c1-4-21-13-11(17-18-21)12(15-9-16-13)19-5-7-20(8-6-19)14(22)10(2)3/h9-10H,4-8H2,1-3H3. The van der Waals surface area contributed by atoms with Gasteiger partial charge in [0.05, 0.1) is 0 Å². The molecule has 1 aliphatic rings. The molecule has 1 fully saturated rings. The number of nitrogens with zero attached hydrogens (tertiary/aromatic N) is 7. The molecule has 1 amide bonds. The Morgan fingerprint density at radius 2 is 1.95 bits per heavy atom. The molecule has 0 saturated carbocycles. The van der Waals surface area contributed by atoms with Gasteiger partial charge in [-0.1, -0.05) is 19.1 Å². The SMILES string of the molecule is CCn1nnc2c(N3CCN(C(=O)C(C)C)CC3)ncnc21. The van der Waals surface area contributed by atoms with Crippen molar-refractivity contribution in [2.75, 3.05) is 31.1 Å². The minimum atomic E-state index is 0.0433. The summed E-state index contributed by atoms with van der Waals surface area (Å²) in [4.78, 5) is 24.8. The Balaban J connectivity index is 1.79. The van der Waals surface area contributed by atoms with Crippen molar-refractivity contribution < 1.29 is 4.79 Å². The first-order chi connectivity index (χ1) is 10.6. The summed E-state index contributed by atoms with van der Waals surface area (Å²) in [5.41, 5.74) is 1.49. The zero-order valence-corrected chi connectivity index (χ0v) is 13.2. The van der Waals surface area contributed by atoms with E-state index >= 15 is 0 Å². The number of carbonyl (C=O) groups is 1. The number of anilines is 1. The van der Waals surface area contributed by atoms with Crippen LogP contribution in [0.5, 0.6) is 0 Å². The number of rotatable bonds is 3. The van der Waals surface area contributed by atoms with Crippen molar-refractivity contribution in [3.05, 3.63) is 6.33 Å². The molecule has 3 heterocycles. The van der Waals surface area contributed by atoms with Crippen LogP contribution in [0.25, 0.3) is 11.2 Å². The summed E-state index contributed by atoms with van der Waals surface area (Å²) in [6.45, 7) is 9.54. The lowest BCUT2D eigenvalue weighted by Gasteiger charge is -2.36. The molecule has 0 radical (unpaired) electrons. The van der Waals surface area contributed by atoms with Crippen molar-refractivity contribution in [2.45, 2.75) is 27.3 Å². The lowest BCUT2D eigenvalue weighted by atomic mass is 10.1. The lowest BCUT2D eigenvalue weighted by molar-refractivity contribution is -0.134. The third-order valence-electron chi connectivity index (χ3n) is 3.97. The fourth-order valence-corrected chi connectivity index (χ4v) is 2.73. The molecule has 0 spiro atoms. The highest BCUT2D eigenvalue weighted by Crippen LogP contribution is 2.22. The van der Waals surface area contributed by atoms with E-state index in [0.717, 1.165) is 36.6 Å². The maximum absolute atomic E-state index is 12.1. The van der Waals surface area contributed by atoms with Crippen LogP contribution >= 0.6 is 0 Å². The highest BCUT2D eigenvalue weighted by molar-refractivity contribution is 5.83. The summed E-state index contributed by atoms with van der Waals surface area (Å²) < 4.78 is 1.76. The topological polar surface area (TPSA) is 80.0 Å². The van der Waals surface area contributed by atoms with Gasteiger partial charge in [-0.15, -0.1) is 5.10 Å². The zero-order valence-electron chi connectivity index (χ0n) is 13.2. The van der Waals surface area contributed by atoms with Gasteiger partial charge in [0.2, 0.25) is 5.91 Å². The van der Waals surface area contributed by atoms with Crippen LogP contribution in [0.4, 0.5) is 5.82 Å². The molecule has 1 saturated heterocycles. The first-order valence-electron chi connectivity index (χ1n) is 7.69. The van der Waals surface area contributed by atoms with E-state index in [9.17, 15) is 4.79 Å². The highest BCUT2D eigenvalue weighted by Gasteiger charge is 2.25. The molecule has 1 aliphatic heterocycles. The van der Waals surface area contributed by atoms with Crippen LogP contribution in [-0.2, 0) is 11.3 Å². The van der Waals surface area contributed by atoms with E-state index < -0.39 is 0 Å². The van der Waals surface area contributed by atoms with Crippen molar-refractivity contribution in [3.8, 4) is 0 Å². The van der Waals surface area contributed by atoms with Crippen LogP contribution in [0.3, 0.4) is 0 Å². The van der Waals surface area contributed by atoms with E-state index in [-0.39, 0.29) is 11.8 Å². The molecule has 2 aromatic heterocycles. The summed E-state index contributed by atoms with van der Waals surface area (Å²) in [6.07, 6.45) is 1.55. The average molecular weight is 303 g/mol. The van der Waals surface area contributed by atoms with Gasteiger partial charge in [-0.25, -0.2) is 14.6 Å². The molecule has 3 rings (SSSR count). The van der Waals surface area contributed by atoms with E-state index in [0.29, 0.717) is 13.1 Å². The molecule has 0 unspecified atom stereocenters. The van der Waals surface area contributed by atoms with Gasteiger partial charge in [-0.2, -0.15) is 0 Å². The molecule has 2 aromatic rings. The second kappa shape index (κ2) is 5.86. The van der Waals surface area contributed by atoms with Crippen LogP contribution in [0.2, 0.25) is 0 Å². The van der Waals surface area contributed by atoms with Gasteiger partial charge in [-0.05, 0) is 6.92 Å². The maximum Gasteiger partial charge on any atom is 0.225 e. The molecule has 118 valence electrons. The van der Waals surface area contributed by atoms with E-state index in [1.165, 1.54) is 0 Å². The fourth-order valence-electron chi connectivity index (χ4n) is 2.73. The maximum atomic E-state index is 12.1. The van der Waals surface area contributed by atoms with Crippen molar-refractivity contribution in [1.29, 1.82) is 0 Å². The first-order valence-corrected chi connectivity index (χ1v) is 7.69. The number of amides is 1. The van der Waals surface area contributed by atoms with E-state index in [2.05, 4.69) is 25.2 Å². The van der Waals surface area contributed by atoms with Crippen molar-refractivity contribution in [3.63, 3.8) is 0 Å². The Hall–Kier alpha value is -2.25. The van der Waals surface area contributed by atoms with Gasteiger partial charge in [0.15, 0.2) is 17.0 Å². The Bertz CT molecular complexity index is 673. The summed E-state index contributed by atoms with van der Waals surface area (Å²) in [6, 6.07) is 0. The van der Waals surface area contributed by atoms with Gasteiger partial charge >= 0.3 is 0 Å². The predicted molar refractivity (Wildman–Crippen MR) is 82.4 cm³/mol. The molecular weight excluding hydrogens is 282 g/mol. The van der Waals surface area contributed by atoms with E-state index in [4.69, 9.17) is 0 Å². The number of carbonyl (C=O) groups excluding carboxylic acids is 1. The van der Waals surface area contributed by atoms with Crippen molar-refractivity contribution >= 4 is 22.9 Å². The van der Waals surface area contributed by atoms with Crippen LogP contribution in [0.1, 0.15) is 20.8 Å². The summed E-state index contributed by atoms with van der Waals surface area (Å²) >= 11 is 0. The van der Waals surface area contributed by atoms with Gasteiger partial charge in [0, 0.05) is 38.6 Å². The second-order valence-electron chi connectivity index (χ2n) is 5.74. The molecule has 0 aliphatic carbocycles. The summed E-state index contributed by atoms with van der Waals surface area (Å²) in [5, 5.41) is 8.32. The molecule has 22 heavy (non-hydrogen) atoms. The third kappa shape index (κ3) is 2.49. The molecule has 0 atom stereocenters. The minimum Gasteiger partial charge on any atom is -0.351 e. The van der Waals surface area contributed by atoms with E-state index in [1.54, 1.807) is 11.0 Å². The molecule has 0 N–H and O–H groups in total. The zero-order chi connectivity index (χ0) is 15.7. The van der Waals surface area contributed by atoms with Crippen LogP contribution in [0.15, 0.2) is 6.33 Å². The number of piperazine rings is 1. The monoisotopic (exact) mass is 303 g/mol. The minimum absolute atomic E-state index is 0.0433. The van der Waals surface area contributed by atoms with Gasteiger partial charge in [0.25, 0.3) is 0 Å². The fraction of sp³-hybridized carbons (Fsp3) is 0.643. The number of aromatic nitrogens is 5. The highest BCUT2D eigenvalue weighted by atomic mass is 16.2. The number of fused-ring (bicyclic) bond motifs is 1. The van der Waals surface area contributed by atoms with Crippen LogP contribution in [0, 0.1) is 5.92 Å². The Morgan fingerprint density at radius 1 is 1.23 bits per heavy atom. The first kappa shape index (κ1) is 14.7. The molecule has 0 bridgehead atoms. The molecule has 0 aromatic carbocycles. The van der Waals surface area contributed by atoms with Gasteiger partial charge < -0.3 is 9.80 Å². The number of aryl methyl sites for hydroxylation is 1. The van der Waals surface area contributed by atoms with Gasteiger partial charge in [0.1, 0.15) is 6.33 Å². The number of hydrogen-bond acceptors (Lipinski definition) is 6. The Labute approximate surface area is 129 Å². The van der Waals surface area contributed by atoms with Crippen LogP contribution < -0.4 is 4.90 Å². The normalized spacial score (nSPS) is 15.8. The second-order valence-corrected chi connectivity index (χ2v) is 5.74. The molecule has 8 nitrogen and oxygen atoms in total. The Morgan fingerprint density at radius 3 is 2.59 bits per heavy atom. The van der Waals surface area contributed by atoms with Crippen LogP contribution in [-0.4, -0.2) is 61.9 Å². The molecular formula is C14H21N7O. The van der Waals surface area contributed by atoms with E-state index in [1.807, 2.05) is 25.7 Å². The smallest absolute Gasteiger partial charge is 0.225 e. The average Bonchev–Trinajstić information content (AvgIpc) is 2.97. The van der Waals surface area contributed by atoms with Gasteiger partial charge in [-0.3, -0.25) is 4.79 Å². The lowest BCUT2D eigenvalue weighted by Crippen LogP contribution is -2.50. The van der Waals surface area contributed by atoms with Crippen molar-refractivity contribution in [1.82, 2.24) is 29.9 Å². The predicted octanol–water partition coefficient (Wildman–Crippen LogP) is 0.546. The largest absolute Gasteiger partial charge is 0.351 e. The Kier molecular flexibility index (Phi) is 3.91. The summed E-state index contributed by atoms with van der Waals surface area (Å²) in [5.74, 6) is 1.06. The number of hydrogen-bond donors (Lipinski definition) is 0. The van der Waals surface area contributed by atoms with Crippen molar-refractivity contribution in [2.24, 2.45) is 5.92 Å². The summed E-state index contributed by atoms with van der Waals surface area (Å²) in [7, 11) is 0. The quantitative estimate of drug-likeness (QED) is 0.823. The molecule has 8 heteroatoms.